The molecule has 27 nitrogen and oxygen atoms in total. The highest BCUT2D eigenvalue weighted by Gasteiger charge is 2.41. The quantitative estimate of drug-likeness (QED) is 0.0452. The Kier molecular flexibility index (Phi) is 27.1. The molecule has 1 aliphatic rings. The van der Waals surface area contributed by atoms with Crippen molar-refractivity contribution in [1.82, 2.24) is 53.2 Å². The van der Waals surface area contributed by atoms with Gasteiger partial charge in [-0.05, 0) is 56.1 Å². The lowest BCUT2D eigenvalue weighted by Crippen LogP contribution is -2.64. The number of carbonyl (C=O) groups is 10. The Bertz CT molecular complexity index is 2410. The van der Waals surface area contributed by atoms with Gasteiger partial charge < -0.3 is 84.7 Å². The van der Waals surface area contributed by atoms with E-state index >= 15 is 0 Å². The molecule has 0 spiro atoms. The van der Waals surface area contributed by atoms with E-state index in [0.717, 1.165) is 0 Å². The van der Waals surface area contributed by atoms with Crippen LogP contribution < -0.4 is 64.6 Å². The standard InChI is InChI=1S/C52H79N13O14/c1-8-17-33-44(71)58-34(22-16-23-55-51(53)54)45(72)61-37(28(5)9-2)48(75)62-38(30(7)67)47(74)56-24-36(68)57-29(6)43(70)60-35(25-66)46(73)63-39(32-20-14-11-15-21-32)40(65-52(78)79-26-31-18-12-10-13-19-31)49(76)64-41(50(77)59-33)42(69)27(3)4/h10-15,18-21,27-30,33-35,37-42,66-67,69H,8-9,16-17,22-26H2,1-7H3,(H,56,74)(H,57,68)(H,58,71)(H,59,77)(H,60,70)(H,61,72)(H,62,75)(H,63,73)(H,64,76)(H,65,78)(H4,53,54,55)/t28-,29-,30-,33?,34+,35?,37-,38-,39+,40-,41-,42+/m0/s1. The Morgan fingerprint density at radius 1 is 0.671 bits per heavy atom. The monoisotopic (exact) mass is 1110 g/mol. The van der Waals surface area contributed by atoms with Crippen LogP contribution in [0, 0.1) is 11.8 Å². The second-order valence-corrected chi connectivity index (χ2v) is 19.5. The van der Waals surface area contributed by atoms with Gasteiger partial charge in [0.15, 0.2) is 5.96 Å². The zero-order valence-corrected chi connectivity index (χ0v) is 45.6. The van der Waals surface area contributed by atoms with E-state index in [1.165, 1.54) is 39.8 Å². The predicted molar refractivity (Wildman–Crippen MR) is 287 cm³/mol. The number of aliphatic imine (C=N–C) groups is 1. The van der Waals surface area contributed by atoms with E-state index in [1.54, 1.807) is 69.3 Å². The molecule has 3 rings (SSSR count). The number of amides is 10. The van der Waals surface area contributed by atoms with Crippen LogP contribution in [0.1, 0.15) is 97.7 Å². The Morgan fingerprint density at radius 3 is 1.80 bits per heavy atom. The third-order valence-corrected chi connectivity index (χ3v) is 12.8. The Morgan fingerprint density at radius 2 is 1.22 bits per heavy atom. The van der Waals surface area contributed by atoms with Crippen molar-refractivity contribution in [2.45, 2.75) is 154 Å². The normalized spacial score (nSPS) is 25.1. The van der Waals surface area contributed by atoms with E-state index < -0.39 is 151 Å². The molecule has 1 fully saturated rings. The average Bonchev–Trinajstić information content (AvgIpc) is 3.43. The van der Waals surface area contributed by atoms with Gasteiger partial charge in [-0.2, -0.15) is 0 Å². The van der Waals surface area contributed by atoms with Gasteiger partial charge in [-0.1, -0.05) is 108 Å². The SMILES string of the molecule is CCCC1NC(=O)[C@H]([C@H](O)C(C)C)NC(=O)[C@@H](NC(=O)OCc2ccccc2)[C@@H](c2ccccc2)NC(=O)C(CO)NC(=O)[C@H](C)NC(=O)CNC(=O)[C@H]([C@H](C)O)NC(=O)[C@H]([C@@H](C)CC)NC(=O)[C@@H](CCCN=C(N)N)NC1=O. The zero-order chi connectivity index (χ0) is 58.9. The van der Waals surface area contributed by atoms with Crippen LogP contribution in [0.3, 0.4) is 0 Å². The number of nitrogens with two attached hydrogens (primary N) is 2. The highest BCUT2D eigenvalue weighted by Crippen LogP contribution is 2.20. The molecule has 10 amide bonds. The molecule has 0 bridgehead atoms. The van der Waals surface area contributed by atoms with Crippen molar-refractivity contribution in [3.63, 3.8) is 0 Å². The molecule has 436 valence electrons. The maximum absolute atomic E-state index is 14.9. The van der Waals surface area contributed by atoms with Crippen molar-refractivity contribution in [3.8, 4) is 0 Å². The minimum atomic E-state index is -1.91. The number of ether oxygens (including phenoxy) is 1. The van der Waals surface area contributed by atoms with Crippen LogP contribution in [0.5, 0.6) is 0 Å². The maximum Gasteiger partial charge on any atom is 0.408 e. The highest BCUT2D eigenvalue weighted by molar-refractivity contribution is 5.99. The van der Waals surface area contributed by atoms with E-state index in [-0.39, 0.29) is 50.4 Å². The summed E-state index contributed by atoms with van der Waals surface area (Å²) in [6.07, 6.45) is -3.92. The second-order valence-electron chi connectivity index (χ2n) is 19.5. The summed E-state index contributed by atoms with van der Waals surface area (Å²) in [6.45, 7) is 8.43. The predicted octanol–water partition coefficient (Wildman–Crippen LogP) is -3.03. The van der Waals surface area contributed by atoms with Crippen molar-refractivity contribution in [2.24, 2.45) is 28.3 Å². The van der Waals surface area contributed by atoms with Gasteiger partial charge in [0.1, 0.15) is 54.9 Å². The van der Waals surface area contributed by atoms with Gasteiger partial charge in [-0.3, -0.25) is 48.1 Å². The second kappa shape index (κ2) is 32.7. The number of aliphatic hydroxyl groups is 3. The number of nitrogens with zero attached hydrogens (tertiary/aromatic N) is 1. The third kappa shape index (κ3) is 21.1. The Balaban J connectivity index is 2.24. The lowest BCUT2D eigenvalue weighted by Gasteiger charge is -2.33. The van der Waals surface area contributed by atoms with E-state index in [9.17, 15) is 63.3 Å². The van der Waals surface area contributed by atoms with Gasteiger partial charge in [0.2, 0.25) is 53.2 Å². The summed E-state index contributed by atoms with van der Waals surface area (Å²) in [5, 5.41) is 57.5. The van der Waals surface area contributed by atoms with Crippen molar-refractivity contribution in [1.29, 1.82) is 0 Å². The maximum atomic E-state index is 14.9. The smallest absolute Gasteiger partial charge is 0.408 e. The summed E-state index contributed by atoms with van der Waals surface area (Å²) >= 11 is 0. The number of nitrogens with one attached hydrogen (secondary N) is 10. The van der Waals surface area contributed by atoms with Crippen molar-refractivity contribution in [2.75, 3.05) is 19.7 Å². The van der Waals surface area contributed by atoms with Crippen LogP contribution >= 0.6 is 0 Å². The van der Waals surface area contributed by atoms with Gasteiger partial charge in [0, 0.05) is 6.54 Å². The van der Waals surface area contributed by atoms with Crippen LogP contribution in [0.15, 0.2) is 65.7 Å². The van der Waals surface area contributed by atoms with Crippen LogP contribution in [0.2, 0.25) is 0 Å². The molecule has 27 heteroatoms. The topological polar surface area (TPSA) is 425 Å². The molecule has 12 atom stereocenters. The number of benzene rings is 2. The van der Waals surface area contributed by atoms with Crippen LogP contribution in [0.4, 0.5) is 4.79 Å². The van der Waals surface area contributed by atoms with E-state index in [0.29, 0.717) is 12.0 Å². The lowest BCUT2D eigenvalue weighted by molar-refractivity contribution is -0.138. The number of guanidine groups is 1. The Labute approximate surface area is 458 Å². The van der Waals surface area contributed by atoms with Crippen molar-refractivity contribution in [3.05, 3.63) is 71.8 Å². The van der Waals surface area contributed by atoms with Crippen molar-refractivity contribution >= 4 is 65.2 Å². The van der Waals surface area contributed by atoms with Gasteiger partial charge in [-0.15, -0.1) is 0 Å². The summed E-state index contributed by atoms with van der Waals surface area (Å²) < 4.78 is 5.46. The first kappa shape index (κ1) is 65.4. The molecule has 0 saturated carbocycles. The molecule has 2 aromatic carbocycles. The zero-order valence-electron chi connectivity index (χ0n) is 45.6. The molecule has 0 aliphatic carbocycles. The number of hydrogen-bond acceptors (Lipinski definition) is 15. The highest BCUT2D eigenvalue weighted by atomic mass is 16.5. The Hall–Kier alpha value is -7.91. The first-order chi connectivity index (χ1) is 37.4. The summed E-state index contributed by atoms with van der Waals surface area (Å²) in [5.41, 5.74) is 11.8. The van der Waals surface area contributed by atoms with Gasteiger partial charge in [0.25, 0.3) is 0 Å². The summed E-state index contributed by atoms with van der Waals surface area (Å²) in [7, 11) is 0. The molecular weight excluding hydrogens is 1030 g/mol. The van der Waals surface area contributed by atoms with Crippen molar-refractivity contribution < 1.29 is 68.0 Å². The number of carbonyl (C=O) groups excluding carboxylic acids is 10. The van der Waals surface area contributed by atoms with Gasteiger partial charge in [0.05, 0.1) is 31.4 Å². The molecule has 2 unspecified atom stereocenters. The fourth-order valence-corrected chi connectivity index (χ4v) is 7.99. The number of alkyl carbamates (subject to hydrolysis) is 1. The fraction of sp³-hybridized carbons (Fsp3) is 0.558. The van der Waals surface area contributed by atoms with Gasteiger partial charge in [-0.25, -0.2) is 4.79 Å². The summed E-state index contributed by atoms with van der Waals surface area (Å²) in [6, 6.07) is 1.58. The molecule has 0 aromatic heterocycles. The van der Waals surface area contributed by atoms with E-state index in [1.807, 2.05) is 0 Å². The fourth-order valence-electron chi connectivity index (χ4n) is 7.99. The van der Waals surface area contributed by atoms with Crippen LogP contribution in [-0.4, -0.2) is 161 Å². The first-order valence-electron chi connectivity index (χ1n) is 26.2. The number of hydrogen-bond donors (Lipinski definition) is 15. The minimum absolute atomic E-state index is 0.00753. The number of aliphatic hydroxyl groups excluding tert-OH is 3. The molecule has 1 saturated heterocycles. The molecule has 17 N–H and O–H groups in total. The lowest BCUT2D eigenvalue weighted by atomic mass is 9.95. The molecule has 2 aromatic rings. The first-order valence-corrected chi connectivity index (χ1v) is 26.2. The van der Waals surface area contributed by atoms with E-state index in [4.69, 9.17) is 16.2 Å². The number of rotatable bonds is 16. The summed E-state index contributed by atoms with van der Waals surface area (Å²) in [5.74, 6) is -10.7. The average molecular weight is 1110 g/mol. The molecule has 0 radical (unpaired) electrons. The van der Waals surface area contributed by atoms with Crippen LogP contribution in [-0.2, 0) is 54.5 Å². The third-order valence-electron chi connectivity index (χ3n) is 12.8. The summed E-state index contributed by atoms with van der Waals surface area (Å²) in [4.78, 5) is 144. The molecule has 1 heterocycles. The molecular formula is C52H79N13O14. The van der Waals surface area contributed by atoms with Gasteiger partial charge >= 0.3 is 6.09 Å². The largest absolute Gasteiger partial charge is 0.445 e. The van der Waals surface area contributed by atoms with Crippen LogP contribution in [0.25, 0.3) is 0 Å². The van der Waals surface area contributed by atoms with E-state index in [2.05, 4.69) is 58.2 Å². The molecule has 1 aliphatic heterocycles. The molecule has 79 heavy (non-hydrogen) atoms. The minimum Gasteiger partial charge on any atom is -0.445 e.